The number of rotatable bonds is 7. The molecule has 1 saturated carbocycles. The summed E-state index contributed by atoms with van der Waals surface area (Å²) in [7, 11) is 0. The Balaban J connectivity index is 1.65. The second-order valence-electron chi connectivity index (χ2n) is 7.90. The van der Waals surface area contributed by atoms with Gasteiger partial charge in [-0.1, -0.05) is 33.1 Å². The molecule has 0 saturated heterocycles. The summed E-state index contributed by atoms with van der Waals surface area (Å²) in [6, 6.07) is 0.564. The summed E-state index contributed by atoms with van der Waals surface area (Å²) in [5, 5.41) is 14.0. The van der Waals surface area contributed by atoms with E-state index in [2.05, 4.69) is 39.4 Å². The van der Waals surface area contributed by atoms with E-state index in [9.17, 15) is 5.11 Å². The molecule has 5 nitrogen and oxygen atoms in total. The molecule has 0 amide bonds. The minimum atomic E-state index is -0.00733. The Morgan fingerprint density at radius 3 is 2.75 bits per heavy atom. The number of aryl methyl sites for hydroxylation is 1. The Kier molecular flexibility index (Phi) is 5.39. The van der Waals surface area contributed by atoms with Crippen LogP contribution in [0.1, 0.15) is 64.8 Å². The standard InChI is InChI=1S/C19H30N4O/c1-19(2,14-24)9-6-10-22-15-20-12-18(22)16-11-21-23(13-16)17-7-4-3-5-8-17/h11-13,15,17,24H,3-10,14H2,1-2H3. The summed E-state index contributed by atoms with van der Waals surface area (Å²) in [6.45, 7) is 5.37. The molecule has 1 aliphatic carbocycles. The SMILES string of the molecule is CC(C)(CO)CCCn1cncc1-c1cnn(C2CCCCC2)c1. The van der Waals surface area contributed by atoms with Crippen molar-refractivity contribution in [3.05, 3.63) is 24.9 Å². The average Bonchev–Trinajstić information content (AvgIpc) is 3.24. The van der Waals surface area contributed by atoms with Crippen LogP contribution in [0.3, 0.4) is 0 Å². The molecule has 2 heterocycles. The lowest BCUT2D eigenvalue weighted by atomic mass is 9.89. The van der Waals surface area contributed by atoms with E-state index in [0.717, 1.165) is 30.6 Å². The lowest BCUT2D eigenvalue weighted by molar-refractivity contribution is 0.146. The number of hydrogen-bond acceptors (Lipinski definition) is 3. The molecule has 2 aromatic rings. The van der Waals surface area contributed by atoms with Crippen LogP contribution in [-0.4, -0.2) is 31.0 Å². The maximum absolute atomic E-state index is 9.38. The van der Waals surface area contributed by atoms with E-state index < -0.39 is 0 Å². The third-order valence-electron chi connectivity index (χ3n) is 5.24. The fourth-order valence-electron chi connectivity index (χ4n) is 3.56. The Hall–Kier alpha value is -1.62. The van der Waals surface area contributed by atoms with Crippen LogP contribution in [0.25, 0.3) is 11.3 Å². The van der Waals surface area contributed by atoms with Gasteiger partial charge in [0.15, 0.2) is 0 Å². The molecule has 0 aliphatic heterocycles. The molecule has 0 bridgehead atoms. The molecule has 3 rings (SSSR count). The lowest BCUT2D eigenvalue weighted by Gasteiger charge is -2.22. The van der Waals surface area contributed by atoms with Crippen LogP contribution >= 0.6 is 0 Å². The van der Waals surface area contributed by atoms with Gasteiger partial charge in [0.25, 0.3) is 0 Å². The van der Waals surface area contributed by atoms with Crippen molar-refractivity contribution in [2.75, 3.05) is 6.61 Å². The van der Waals surface area contributed by atoms with Crippen molar-refractivity contribution in [1.29, 1.82) is 0 Å². The molecule has 2 aromatic heterocycles. The molecule has 0 aromatic carbocycles. The number of aromatic nitrogens is 4. The molecular formula is C19H30N4O. The van der Waals surface area contributed by atoms with Gasteiger partial charge in [-0.25, -0.2) is 4.98 Å². The summed E-state index contributed by atoms with van der Waals surface area (Å²) in [4.78, 5) is 4.33. The Bertz CT molecular complexity index is 637. The fourth-order valence-corrected chi connectivity index (χ4v) is 3.56. The van der Waals surface area contributed by atoms with Crippen molar-refractivity contribution >= 4 is 0 Å². The highest BCUT2D eigenvalue weighted by Gasteiger charge is 2.18. The van der Waals surface area contributed by atoms with Crippen LogP contribution in [0.4, 0.5) is 0 Å². The van der Waals surface area contributed by atoms with E-state index in [1.165, 1.54) is 32.1 Å². The van der Waals surface area contributed by atoms with Gasteiger partial charge in [0.2, 0.25) is 0 Å². The van der Waals surface area contributed by atoms with Gasteiger partial charge in [0, 0.05) is 24.9 Å². The summed E-state index contributed by atoms with van der Waals surface area (Å²) in [5.74, 6) is 0. The number of aliphatic hydroxyl groups is 1. The average molecular weight is 330 g/mol. The van der Waals surface area contributed by atoms with Gasteiger partial charge < -0.3 is 9.67 Å². The van der Waals surface area contributed by atoms with Gasteiger partial charge in [-0.05, 0) is 31.1 Å². The minimum absolute atomic E-state index is 0.00733. The highest BCUT2D eigenvalue weighted by atomic mass is 16.3. The van der Waals surface area contributed by atoms with Crippen molar-refractivity contribution in [2.24, 2.45) is 5.41 Å². The second kappa shape index (κ2) is 7.51. The van der Waals surface area contributed by atoms with E-state index >= 15 is 0 Å². The third-order valence-corrected chi connectivity index (χ3v) is 5.24. The molecule has 132 valence electrons. The van der Waals surface area contributed by atoms with Crippen molar-refractivity contribution in [3.8, 4) is 11.3 Å². The first-order valence-electron chi connectivity index (χ1n) is 9.24. The number of imidazole rings is 1. The van der Waals surface area contributed by atoms with Crippen LogP contribution in [0.5, 0.6) is 0 Å². The van der Waals surface area contributed by atoms with Crippen LogP contribution in [-0.2, 0) is 6.54 Å². The minimum Gasteiger partial charge on any atom is -0.396 e. The largest absolute Gasteiger partial charge is 0.396 e. The zero-order valence-corrected chi connectivity index (χ0v) is 15.0. The Morgan fingerprint density at radius 2 is 2.00 bits per heavy atom. The third kappa shape index (κ3) is 4.07. The Morgan fingerprint density at radius 1 is 1.21 bits per heavy atom. The Labute approximate surface area is 144 Å². The van der Waals surface area contributed by atoms with Crippen molar-refractivity contribution in [2.45, 2.75) is 71.4 Å². The predicted molar refractivity (Wildman–Crippen MR) is 95.7 cm³/mol. The fraction of sp³-hybridized carbons (Fsp3) is 0.684. The first-order valence-corrected chi connectivity index (χ1v) is 9.24. The second-order valence-corrected chi connectivity index (χ2v) is 7.90. The first kappa shape index (κ1) is 17.2. The molecule has 0 spiro atoms. The first-order chi connectivity index (χ1) is 11.6. The van der Waals surface area contributed by atoms with E-state index in [1.54, 1.807) is 0 Å². The van der Waals surface area contributed by atoms with Gasteiger partial charge in [0.05, 0.1) is 30.5 Å². The highest BCUT2D eigenvalue weighted by molar-refractivity contribution is 5.56. The van der Waals surface area contributed by atoms with Crippen molar-refractivity contribution in [1.82, 2.24) is 19.3 Å². The van der Waals surface area contributed by atoms with Gasteiger partial charge in [0.1, 0.15) is 0 Å². The maximum Gasteiger partial charge on any atom is 0.0950 e. The number of aliphatic hydroxyl groups excluding tert-OH is 1. The van der Waals surface area contributed by atoms with Crippen LogP contribution in [0.2, 0.25) is 0 Å². The normalized spacial score (nSPS) is 16.6. The highest BCUT2D eigenvalue weighted by Crippen LogP contribution is 2.29. The number of hydrogen-bond donors (Lipinski definition) is 1. The summed E-state index contributed by atoms with van der Waals surface area (Å²) in [6.07, 6.45) is 16.5. The summed E-state index contributed by atoms with van der Waals surface area (Å²) in [5.41, 5.74) is 2.28. The maximum atomic E-state index is 9.38. The molecule has 1 fully saturated rings. The molecule has 5 heteroatoms. The molecule has 1 aliphatic rings. The van der Waals surface area contributed by atoms with Crippen molar-refractivity contribution in [3.63, 3.8) is 0 Å². The summed E-state index contributed by atoms with van der Waals surface area (Å²) < 4.78 is 4.36. The predicted octanol–water partition coefficient (Wildman–Crippen LogP) is 4.05. The van der Waals surface area contributed by atoms with Gasteiger partial charge in [-0.2, -0.15) is 5.10 Å². The van der Waals surface area contributed by atoms with Crippen molar-refractivity contribution < 1.29 is 5.11 Å². The quantitative estimate of drug-likeness (QED) is 0.833. The molecular weight excluding hydrogens is 300 g/mol. The van der Waals surface area contributed by atoms with E-state index in [0.29, 0.717) is 6.04 Å². The zero-order chi connectivity index (χ0) is 17.0. The van der Waals surface area contributed by atoms with Crippen LogP contribution in [0, 0.1) is 5.41 Å². The van der Waals surface area contributed by atoms with Gasteiger partial charge in [-0.15, -0.1) is 0 Å². The lowest BCUT2D eigenvalue weighted by Crippen LogP contribution is -2.17. The molecule has 0 unspecified atom stereocenters. The van der Waals surface area contributed by atoms with Gasteiger partial charge in [-0.3, -0.25) is 4.68 Å². The molecule has 1 N–H and O–H groups in total. The van der Waals surface area contributed by atoms with E-state index in [-0.39, 0.29) is 12.0 Å². The molecule has 24 heavy (non-hydrogen) atoms. The summed E-state index contributed by atoms with van der Waals surface area (Å²) >= 11 is 0. The van der Waals surface area contributed by atoms with E-state index in [1.807, 2.05) is 18.7 Å². The molecule has 0 atom stereocenters. The van der Waals surface area contributed by atoms with Crippen LogP contribution in [0.15, 0.2) is 24.9 Å². The topological polar surface area (TPSA) is 55.9 Å². The van der Waals surface area contributed by atoms with E-state index in [4.69, 9.17) is 0 Å². The number of nitrogens with zero attached hydrogens (tertiary/aromatic N) is 4. The molecule has 0 radical (unpaired) electrons. The van der Waals surface area contributed by atoms with Gasteiger partial charge >= 0.3 is 0 Å². The van der Waals surface area contributed by atoms with Crippen LogP contribution < -0.4 is 0 Å². The zero-order valence-electron chi connectivity index (χ0n) is 15.0. The smallest absolute Gasteiger partial charge is 0.0950 e. The monoisotopic (exact) mass is 330 g/mol.